The van der Waals surface area contributed by atoms with E-state index in [-0.39, 0.29) is 12.1 Å². The minimum absolute atomic E-state index is 0.139. The number of benzene rings is 1. The highest BCUT2D eigenvalue weighted by Gasteiger charge is 2.33. The van der Waals surface area contributed by atoms with E-state index in [9.17, 15) is 18.0 Å². The van der Waals surface area contributed by atoms with Crippen molar-refractivity contribution in [3.05, 3.63) is 83.2 Å². The molecule has 36 heavy (non-hydrogen) atoms. The Labute approximate surface area is 207 Å². The fourth-order valence-electron chi connectivity index (χ4n) is 4.49. The third kappa shape index (κ3) is 5.52. The molecule has 11 heteroatoms. The van der Waals surface area contributed by atoms with Crippen LogP contribution in [0, 0.1) is 0 Å². The molecule has 3 N–H and O–H groups in total. The molecular formula is C25H28F3N5O3. The number of hydrogen-bond donors (Lipinski definition) is 3. The van der Waals surface area contributed by atoms with E-state index >= 15 is 0 Å². The number of hydrogen-bond acceptors (Lipinski definition) is 6. The van der Waals surface area contributed by atoms with Gasteiger partial charge in [-0.2, -0.15) is 13.2 Å². The first kappa shape index (κ1) is 24.3. The van der Waals surface area contributed by atoms with Crippen molar-refractivity contribution < 1.29 is 27.4 Å². The van der Waals surface area contributed by atoms with Gasteiger partial charge in [0.25, 0.3) is 0 Å². The van der Waals surface area contributed by atoms with E-state index < -0.39 is 17.8 Å². The lowest BCUT2D eigenvalue weighted by Gasteiger charge is -2.36. The van der Waals surface area contributed by atoms with Gasteiger partial charge >= 0.3 is 12.2 Å². The zero-order valence-electron chi connectivity index (χ0n) is 19.6. The number of alkyl halides is 3. The smallest absolute Gasteiger partial charge is 0.416 e. The van der Waals surface area contributed by atoms with Crippen LogP contribution in [-0.2, 0) is 15.7 Å². The molecule has 8 nitrogen and oxygen atoms in total. The number of ether oxygens (including phenoxy) is 2. The van der Waals surface area contributed by atoms with Gasteiger partial charge in [0.1, 0.15) is 6.61 Å². The van der Waals surface area contributed by atoms with E-state index in [4.69, 9.17) is 9.47 Å². The van der Waals surface area contributed by atoms with Crippen molar-refractivity contribution in [3.63, 3.8) is 0 Å². The Morgan fingerprint density at radius 1 is 1.11 bits per heavy atom. The summed E-state index contributed by atoms with van der Waals surface area (Å²) in [5.74, 6) is 0.888. The topological polar surface area (TPSA) is 78.1 Å². The van der Waals surface area contributed by atoms with E-state index in [2.05, 4.69) is 20.9 Å². The van der Waals surface area contributed by atoms with E-state index in [0.717, 1.165) is 45.0 Å². The highest BCUT2D eigenvalue weighted by atomic mass is 19.4. The van der Waals surface area contributed by atoms with Gasteiger partial charge < -0.3 is 25.4 Å². The van der Waals surface area contributed by atoms with Crippen LogP contribution in [0.25, 0.3) is 0 Å². The van der Waals surface area contributed by atoms with Gasteiger partial charge in [-0.25, -0.2) is 4.79 Å². The van der Waals surface area contributed by atoms with Crippen LogP contribution in [0.1, 0.15) is 17.2 Å². The highest BCUT2D eigenvalue weighted by molar-refractivity contribution is 5.79. The summed E-state index contributed by atoms with van der Waals surface area (Å²) in [5, 5.41) is 9.37. The predicted molar refractivity (Wildman–Crippen MR) is 126 cm³/mol. The average Bonchev–Trinajstić information content (AvgIpc) is 2.89. The third-order valence-electron chi connectivity index (χ3n) is 6.40. The number of amides is 2. The molecule has 0 bridgehead atoms. The maximum Gasteiger partial charge on any atom is 0.416 e. The molecule has 0 aromatic heterocycles. The molecule has 4 aliphatic rings. The zero-order chi connectivity index (χ0) is 25.1. The van der Waals surface area contributed by atoms with Gasteiger partial charge in [-0.05, 0) is 29.8 Å². The second-order valence-electron chi connectivity index (χ2n) is 8.89. The van der Waals surface area contributed by atoms with Crippen LogP contribution >= 0.6 is 0 Å². The number of dihydropyridines is 2. The Hall–Kier alpha value is -3.44. The van der Waals surface area contributed by atoms with Crippen molar-refractivity contribution in [2.24, 2.45) is 0 Å². The molecule has 2 amide bonds. The molecule has 4 aliphatic heterocycles. The fraction of sp³-hybridized carbons (Fsp3) is 0.400. The number of nitrogens with zero attached hydrogens (tertiary/aromatic N) is 2. The molecule has 0 spiro atoms. The number of nitrogens with one attached hydrogen (secondary N) is 3. The summed E-state index contributed by atoms with van der Waals surface area (Å²) in [7, 11) is 0. The maximum atomic E-state index is 13.2. The minimum Gasteiger partial charge on any atom is -0.488 e. The van der Waals surface area contributed by atoms with E-state index in [1.165, 1.54) is 11.0 Å². The summed E-state index contributed by atoms with van der Waals surface area (Å²) in [6, 6.07) is 4.38. The molecule has 0 radical (unpaired) electrons. The highest BCUT2D eigenvalue weighted by Crippen LogP contribution is 2.33. The van der Waals surface area contributed by atoms with Crippen LogP contribution in [0.2, 0.25) is 0 Å². The van der Waals surface area contributed by atoms with Gasteiger partial charge in [-0.15, -0.1) is 0 Å². The zero-order valence-corrected chi connectivity index (χ0v) is 19.6. The van der Waals surface area contributed by atoms with Crippen LogP contribution in [0.4, 0.5) is 18.0 Å². The lowest BCUT2D eigenvalue weighted by molar-refractivity contribution is -0.137. The molecular weight excluding hydrogens is 475 g/mol. The molecule has 5 rings (SSSR count). The summed E-state index contributed by atoms with van der Waals surface area (Å²) < 4.78 is 50.6. The Bertz CT molecular complexity index is 1110. The molecule has 2 atom stereocenters. The monoisotopic (exact) mass is 503 g/mol. The Kier molecular flexibility index (Phi) is 6.92. The number of urea groups is 1. The summed E-state index contributed by atoms with van der Waals surface area (Å²) in [6.07, 6.45) is 4.64. The summed E-state index contributed by atoms with van der Waals surface area (Å²) in [4.78, 5) is 17.0. The predicted octanol–water partition coefficient (Wildman–Crippen LogP) is 2.82. The number of carbonyl (C=O) groups excluding carboxylic acids is 1. The molecule has 4 heterocycles. The van der Waals surface area contributed by atoms with E-state index in [1.807, 2.05) is 12.2 Å². The van der Waals surface area contributed by atoms with E-state index in [1.54, 1.807) is 24.4 Å². The first-order chi connectivity index (χ1) is 17.4. The first-order valence-electron chi connectivity index (χ1n) is 11.9. The number of rotatable bonds is 4. The van der Waals surface area contributed by atoms with Crippen LogP contribution in [-0.4, -0.2) is 67.9 Å². The molecule has 1 fully saturated rings. The van der Waals surface area contributed by atoms with Crippen molar-refractivity contribution in [2.45, 2.75) is 18.3 Å². The molecule has 2 unspecified atom stereocenters. The Morgan fingerprint density at radius 3 is 2.69 bits per heavy atom. The SMILES string of the molecule is O=C(NC1=CNC(CN2CCOCC2)C=C1)N1CCOC2=C1NC(c1cccc(C(F)(F)F)c1)C=C2. The van der Waals surface area contributed by atoms with Crippen LogP contribution in [0.5, 0.6) is 0 Å². The van der Waals surface area contributed by atoms with Gasteiger partial charge in [0, 0.05) is 25.8 Å². The molecule has 0 saturated carbocycles. The number of carbonyl (C=O) groups is 1. The second-order valence-corrected chi connectivity index (χ2v) is 8.89. The average molecular weight is 504 g/mol. The number of halogens is 3. The lowest BCUT2D eigenvalue weighted by Crippen LogP contribution is -2.49. The molecule has 192 valence electrons. The molecule has 0 aliphatic carbocycles. The quantitative estimate of drug-likeness (QED) is 0.587. The van der Waals surface area contributed by atoms with Gasteiger partial charge in [-0.3, -0.25) is 9.80 Å². The second kappa shape index (κ2) is 10.3. The van der Waals surface area contributed by atoms with Crippen LogP contribution in [0.15, 0.2) is 72.0 Å². The molecule has 1 aromatic rings. The van der Waals surface area contributed by atoms with Gasteiger partial charge in [-0.1, -0.05) is 24.3 Å². The van der Waals surface area contributed by atoms with Crippen molar-refractivity contribution in [1.29, 1.82) is 0 Å². The Balaban J connectivity index is 1.22. The van der Waals surface area contributed by atoms with Crippen LogP contribution in [0.3, 0.4) is 0 Å². The summed E-state index contributed by atoms with van der Waals surface area (Å²) >= 11 is 0. The molecule has 1 saturated heterocycles. The van der Waals surface area contributed by atoms with Crippen molar-refractivity contribution >= 4 is 6.03 Å². The fourth-order valence-corrected chi connectivity index (χ4v) is 4.49. The third-order valence-corrected chi connectivity index (χ3v) is 6.40. The Morgan fingerprint density at radius 2 is 1.94 bits per heavy atom. The van der Waals surface area contributed by atoms with Crippen LogP contribution < -0.4 is 16.0 Å². The van der Waals surface area contributed by atoms with Gasteiger partial charge in [0.05, 0.1) is 43.1 Å². The van der Waals surface area contributed by atoms with Gasteiger partial charge in [0.15, 0.2) is 11.6 Å². The minimum atomic E-state index is -4.44. The largest absolute Gasteiger partial charge is 0.488 e. The molecule has 1 aromatic carbocycles. The number of allylic oxidation sites excluding steroid dienone is 2. The lowest BCUT2D eigenvalue weighted by atomic mass is 10.0. The summed E-state index contributed by atoms with van der Waals surface area (Å²) in [5.41, 5.74) is 0.333. The standard InChI is InChI=1S/C25H28F3N5O3/c26-25(27,28)18-3-1-2-17(14-18)21-6-7-22-23(31-21)33(10-13-36-22)24(34)30-19-4-5-20(29-15-19)16-32-8-11-35-12-9-32/h1-7,14-15,20-21,29,31H,8-13,16H2,(H,30,34). The van der Waals surface area contributed by atoms with E-state index in [0.29, 0.717) is 36.0 Å². The maximum absolute atomic E-state index is 13.2. The van der Waals surface area contributed by atoms with Crippen molar-refractivity contribution in [1.82, 2.24) is 25.8 Å². The summed E-state index contributed by atoms with van der Waals surface area (Å²) in [6.45, 7) is 4.73. The first-order valence-corrected chi connectivity index (χ1v) is 11.9. The number of morpholine rings is 1. The van der Waals surface area contributed by atoms with Gasteiger partial charge in [0.2, 0.25) is 0 Å². The van der Waals surface area contributed by atoms with Crippen molar-refractivity contribution in [2.75, 3.05) is 46.0 Å². The van der Waals surface area contributed by atoms with Crippen molar-refractivity contribution in [3.8, 4) is 0 Å². The normalized spacial score (nSPS) is 24.3.